The Balaban J connectivity index is 2.08. The Labute approximate surface area is 116 Å². The molecule has 2 aliphatic rings. The van der Waals surface area contributed by atoms with E-state index in [2.05, 4.69) is 6.07 Å². The number of carbonyl (C=O) groups excluding carboxylic acids is 1. The van der Waals surface area contributed by atoms with Crippen LogP contribution in [0.15, 0.2) is 11.6 Å². The Morgan fingerprint density at radius 3 is 2.40 bits per heavy atom. The molecular formula is C14H17F3N2O. The average Bonchev–Trinajstić information content (AvgIpc) is 2.46. The second-order valence-electron chi connectivity index (χ2n) is 5.48. The third-order valence-corrected chi connectivity index (χ3v) is 4.19. The van der Waals surface area contributed by atoms with Crippen LogP contribution in [0.3, 0.4) is 0 Å². The van der Waals surface area contributed by atoms with E-state index in [0.717, 1.165) is 25.3 Å². The van der Waals surface area contributed by atoms with Gasteiger partial charge in [-0.3, -0.25) is 4.79 Å². The van der Waals surface area contributed by atoms with Crippen LogP contribution >= 0.6 is 0 Å². The highest BCUT2D eigenvalue weighted by Gasteiger charge is 2.44. The lowest BCUT2D eigenvalue weighted by molar-refractivity contribution is -0.141. The van der Waals surface area contributed by atoms with Gasteiger partial charge in [0.05, 0.1) is 6.07 Å². The highest BCUT2D eigenvalue weighted by molar-refractivity contribution is 5.86. The Morgan fingerprint density at radius 2 is 1.95 bits per heavy atom. The van der Waals surface area contributed by atoms with E-state index in [-0.39, 0.29) is 25.4 Å². The van der Waals surface area contributed by atoms with Gasteiger partial charge in [-0.15, -0.1) is 0 Å². The van der Waals surface area contributed by atoms with Gasteiger partial charge in [0.2, 0.25) is 5.91 Å². The lowest BCUT2D eigenvalue weighted by atomic mass is 9.74. The average molecular weight is 286 g/mol. The van der Waals surface area contributed by atoms with Gasteiger partial charge in [0, 0.05) is 18.7 Å². The van der Waals surface area contributed by atoms with E-state index >= 15 is 0 Å². The van der Waals surface area contributed by atoms with Crippen molar-refractivity contribution in [3.05, 3.63) is 11.6 Å². The van der Waals surface area contributed by atoms with Gasteiger partial charge >= 0.3 is 6.18 Å². The van der Waals surface area contributed by atoms with E-state index in [0.29, 0.717) is 12.8 Å². The summed E-state index contributed by atoms with van der Waals surface area (Å²) in [5, 5.41) is 9.33. The van der Waals surface area contributed by atoms with Crippen LogP contribution in [-0.2, 0) is 4.79 Å². The van der Waals surface area contributed by atoms with Crippen LogP contribution < -0.4 is 0 Å². The molecule has 1 amide bonds. The van der Waals surface area contributed by atoms with Crippen molar-refractivity contribution in [3.63, 3.8) is 0 Å². The number of alkyl halides is 3. The maximum atomic E-state index is 12.5. The molecule has 0 unspecified atom stereocenters. The van der Waals surface area contributed by atoms with Gasteiger partial charge in [0.1, 0.15) is 5.41 Å². The van der Waals surface area contributed by atoms with Crippen molar-refractivity contribution >= 4 is 5.91 Å². The molecule has 0 bridgehead atoms. The van der Waals surface area contributed by atoms with Crippen molar-refractivity contribution in [2.45, 2.75) is 44.7 Å². The molecule has 110 valence electrons. The van der Waals surface area contributed by atoms with E-state index in [1.54, 1.807) is 0 Å². The highest BCUT2D eigenvalue weighted by atomic mass is 19.4. The minimum Gasteiger partial charge on any atom is -0.337 e. The molecule has 0 aromatic rings. The summed E-state index contributed by atoms with van der Waals surface area (Å²) >= 11 is 0. The largest absolute Gasteiger partial charge is 0.412 e. The fourth-order valence-electron chi connectivity index (χ4n) is 2.94. The molecule has 3 nitrogen and oxygen atoms in total. The number of amides is 1. The SMILES string of the molecule is N#CC1(C(=O)N2CC=C(C(F)(F)F)CC2)CCCCC1. The zero-order chi connectivity index (χ0) is 14.8. The maximum Gasteiger partial charge on any atom is 0.412 e. The Hall–Kier alpha value is -1.51. The summed E-state index contributed by atoms with van der Waals surface area (Å²) in [4.78, 5) is 13.8. The summed E-state index contributed by atoms with van der Waals surface area (Å²) in [6.07, 6.45) is 0.282. The summed E-state index contributed by atoms with van der Waals surface area (Å²) < 4.78 is 37.6. The van der Waals surface area contributed by atoms with Crippen LogP contribution in [0.2, 0.25) is 0 Å². The van der Waals surface area contributed by atoms with Crippen molar-refractivity contribution in [3.8, 4) is 6.07 Å². The highest BCUT2D eigenvalue weighted by Crippen LogP contribution is 2.38. The van der Waals surface area contributed by atoms with E-state index in [4.69, 9.17) is 0 Å². The van der Waals surface area contributed by atoms with Crippen molar-refractivity contribution in [1.82, 2.24) is 4.90 Å². The summed E-state index contributed by atoms with van der Waals surface area (Å²) in [5.41, 5.74) is -1.59. The smallest absolute Gasteiger partial charge is 0.337 e. The molecule has 1 aliphatic heterocycles. The third-order valence-electron chi connectivity index (χ3n) is 4.19. The number of hydrogen-bond acceptors (Lipinski definition) is 2. The predicted octanol–water partition coefficient (Wildman–Crippen LogP) is 3.18. The van der Waals surface area contributed by atoms with E-state index in [9.17, 15) is 23.2 Å². The van der Waals surface area contributed by atoms with Crippen molar-refractivity contribution in [1.29, 1.82) is 5.26 Å². The number of nitriles is 1. The predicted molar refractivity (Wildman–Crippen MR) is 66.5 cm³/mol. The van der Waals surface area contributed by atoms with Gasteiger partial charge in [-0.25, -0.2) is 0 Å². The van der Waals surface area contributed by atoms with Gasteiger partial charge in [0.15, 0.2) is 0 Å². The van der Waals surface area contributed by atoms with Gasteiger partial charge in [-0.05, 0) is 19.3 Å². The third kappa shape index (κ3) is 2.82. The van der Waals surface area contributed by atoms with E-state index in [1.165, 1.54) is 4.90 Å². The number of rotatable bonds is 1. The van der Waals surface area contributed by atoms with Gasteiger partial charge in [0.25, 0.3) is 0 Å². The second-order valence-corrected chi connectivity index (χ2v) is 5.48. The van der Waals surface area contributed by atoms with E-state index < -0.39 is 17.2 Å². The normalized spacial score (nSPS) is 22.9. The molecule has 6 heteroatoms. The first kappa shape index (κ1) is 14.9. The van der Waals surface area contributed by atoms with Crippen LogP contribution in [0.1, 0.15) is 38.5 Å². The zero-order valence-electron chi connectivity index (χ0n) is 11.2. The van der Waals surface area contributed by atoms with Crippen LogP contribution in [-0.4, -0.2) is 30.1 Å². The minimum atomic E-state index is -4.31. The molecular weight excluding hydrogens is 269 g/mol. The molecule has 20 heavy (non-hydrogen) atoms. The quantitative estimate of drug-likeness (QED) is 0.695. The number of nitrogens with zero attached hydrogens (tertiary/aromatic N) is 2. The number of halogens is 3. The molecule has 0 aromatic carbocycles. The molecule has 0 radical (unpaired) electrons. The van der Waals surface area contributed by atoms with Crippen LogP contribution in [0.5, 0.6) is 0 Å². The monoisotopic (exact) mass is 286 g/mol. The fraction of sp³-hybridized carbons (Fsp3) is 0.714. The molecule has 1 aliphatic carbocycles. The van der Waals surface area contributed by atoms with Crippen LogP contribution in [0.25, 0.3) is 0 Å². The molecule has 0 aromatic heterocycles. The van der Waals surface area contributed by atoms with E-state index in [1.807, 2.05) is 0 Å². The Bertz CT molecular complexity index is 456. The summed E-state index contributed by atoms with van der Waals surface area (Å²) in [5.74, 6) is -0.294. The Kier molecular flexibility index (Phi) is 4.07. The lowest BCUT2D eigenvalue weighted by Crippen LogP contribution is -2.46. The zero-order valence-corrected chi connectivity index (χ0v) is 11.2. The molecule has 0 N–H and O–H groups in total. The second kappa shape index (κ2) is 5.47. The molecule has 0 atom stereocenters. The first-order valence-electron chi connectivity index (χ1n) is 6.86. The van der Waals surface area contributed by atoms with Gasteiger partial charge in [-0.1, -0.05) is 25.3 Å². The number of carbonyl (C=O) groups is 1. The molecule has 0 spiro atoms. The summed E-state index contributed by atoms with van der Waals surface area (Å²) in [6, 6.07) is 2.12. The maximum absolute atomic E-state index is 12.5. The molecule has 1 fully saturated rings. The summed E-state index contributed by atoms with van der Waals surface area (Å²) in [7, 11) is 0. The van der Waals surface area contributed by atoms with Crippen LogP contribution in [0.4, 0.5) is 13.2 Å². The summed E-state index contributed by atoms with van der Waals surface area (Å²) in [6.45, 7) is 0.00468. The molecule has 1 saturated carbocycles. The Morgan fingerprint density at radius 1 is 1.30 bits per heavy atom. The topological polar surface area (TPSA) is 44.1 Å². The van der Waals surface area contributed by atoms with Crippen molar-refractivity contribution in [2.24, 2.45) is 5.41 Å². The number of hydrogen-bond donors (Lipinski definition) is 0. The molecule has 2 rings (SSSR count). The first-order chi connectivity index (χ1) is 9.39. The molecule has 1 heterocycles. The minimum absolute atomic E-state index is 0.0445. The van der Waals surface area contributed by atoms with Crippen LogP contribution in [0, 0.1) is 16.7 Å². The van der Waals surface area contributed by atoms with Crippen molar-refractivity contribution < 1.29 is 18.0 Å². The first-order valence-corrected chi connectivity index (χ1v) is 6.86. The lowest BCUT2D eigenvalue weighted by Gasteiger charge is -2.36. The molecule has 0 saturated heterocycles. The fourth-order valence-corrected chi connectivity index (χ4v) is 2.94. The standard InChI is InChI=1S/C14H17F3N2O/c15-14(16,17)11-4-8-19(9-5-11)12(20)13(10-18)6-2-1-3-7-13/h4H,1-3,5-9H2. The van der Waals surface area contributed by atoms with Crippen molar-refractivity contribution in [2.75, 3.05) is 13.1 Å². The van der Waals surface area contributed by atoms with Gasteiger partial charge < -0.3 is 4.90 Å². The van der Waals surface area contributed by atoms with Gasteiger partial charge in [-0.2, -0.15) is 18.4 Å².